The lowest BCUT2D eigenvalue weighted by Crippen LogP contribution is -2.35. The van der Waals surface area contributed by atoms with Gasteiger partial charge in [0.05, 0.1) is 19.3 Å². The Morgan fingerprint density at radius 2 is 2.10 bits per heavy atom. The van der Waals surface area contributed by atoms with Gasteiger partial charge in [-0.05, 0) is 16.8 Å². The number of hydroxylamine groups is 2. The molecule has 2 aliphatic rings. The number of halogens is 1. The average Bonchev–Trinajstić information content (AvgIpc) is 2.97. The van der Waals surface area contributed by atoms with Crippen LogP contribution in [0.3, 0.4) is 0 Å². The van der Waals surface area contributed by atoms with Gasteiger partial charge < -0.3 is 4.74 Å². The largest absolute Gasteiger partial charge is 0.493 e. The summed E-state index contributed by atoms with van der Waals surface area (Å²) in [5.74, 6) is 0.692. The van der Waals surface area contributed by atoms with E-state index in [2.05, 4.69) is 12.1 Å². The van der Waals surface area contributed by atoms with Crippen molar-refractivity contribution < 1.29 is 14.4 Å². The summed E-state index contributed by atoms with van der Waals surface area (Å²) in [4.78, 5) is 17.6. The molecule has 2 aliphatic heterocycles. The molecule has 2 aromatic carbocycles. The summed E-state index contributed by atoms with van der Waals surface area (Å²) in [6.45, 7) is 1.04. The van der Waals surface area contributed by atoms with Gasteiger partial charge in [-0.15, -0.1) is 11.6 Å². The molecular formula is C16H14ClNO3. The number of carbonyl (C=O) groups is 1. The van der Waals surface area contributed by atoms with E-state index in [1.165, 1.54) is 5.06 Å². The molecule has 0 bridgehead atoms. The Kier molecular flexibility index (Phi) is 3.01. The minimum Gasteiger partial charge on any atom is -0.493 e. The van der Waals surface area contributed by atoms with Crippen molar-refractivity contribution in [1.82, 2.24) is 5.06 Å². The highest BCUT2D eigenvalue weighted by Crippen LogP contribution is 2.46. The summed E-state index contributed by atoms with van der Waals surface area (Å²) in [5.41, 5.74) is 1.03. The summed E-state index contributed by atoms with van der Waals surface area (Å²) >= 11 is 5.71. The van der Waals surface area contributed by atoms with E-state index in [9.17, 15) is 4.79 Å². The number of ether oxygens (including phenoxy) is 1. The lowest BCUT2D eigenvalue weighted by molar-refractivity contribution is -0.174. The monoisotopic (exact) mass is 303 g/mol. The highest BCUT2D eigenvalue weighted by molar-refractivity contribution is 6.27. The number of rotatable bonds is 1. The molecule has 4 nitrogen and oxygen atoms in total. The van der Waals surface area contributed by atoms with Crippen molar-refractivity contribution in [3.05, 3.63) is 42.0 Å². The summed E-state index contributed by atoms with van der Waals surface area (Å²) in [7, 11) is 0. The van der Waals surface area contributed by atoms with Crippen LogP contribution in [0.4, 0.5) is 0 Å². The summed E-state index contributed by atoms with van der Waals surface area (Å²) < 4.78 is 5.86. The van der Waals surface area contributed by atoms with E-state index >= 15 is 0 Å². The van der Waals surface area contributed by atoms with E-state index in [0.717, 1.165) is 22.1 Å². The Labute approximate surface area is 127 Å². The van der Waals surface area contributed by atoms with E-state index in [4.69, 9.17) is 21.2 Å². The van der Waals surface area contributed by atoms with E-state index in [-0.39, 0.29) is 23.7 Å². The fourth-order valence-electron chi connectivity index (χ4n) is 3.22. The number of benzene rings is 2. The van der Waals surface area contributed by atoms with Crippen molar-refractivity contribution in [2.75, 3.05) is 19.1 Å². The zero-order valence-corrected chi connectivity index (χ0v) is 12.0. The van der Waals surface area contributed by atoms with Gasteiger partial charge in [0.1, 0.15) is 11.6 Å². The Morgan fingerprint density at radius 3 is 2.95 bits per heavy atom. The first kappa shape index (κ1) is 12.9. The molecule has 1 amide bonds. The van der Waals surface area contributed by atoms with E-state index in [0.29, 0.717) is 13.2 Å². The number of nitrogens with zero attached hydrogens (tertiary/aromatic N) is 1. The van der Waals surface area contributed by atoms with Crippen molar-refractivity contribution in [3.63, 3.8) is 0 Å². The van der Waals surface area contributed by atoms with Gasteiger partial charge in [-0.2, -0.15) is 0 Å². The molecule has 2 heterocycles. The third-order valence-electron chi connectivity index (χ3n) is 4.17. The number of alkyl halides is 1. The second-order valence-electron chi connectivity index (χ2n) is 5.36. The van der Waals surface area contributed by atoms with Crippen LogP contribution in [0.2, 0.25) is 0 Å². The molecule has 2 aromatic rings. The number of amides is 1. The highest BCUT2D eigenvalue weighted by atomic mass is 35.5. The molecule has 5 heteroatoms. The van der Waals surface area contributed by atoms with E-state index in [1.807, 2.05) is 24.3 Å². The normalized spacial score (nSPS) is 23.6. The van der Waals surface area contributed by atoms with Crippen LogP contribution in [0, 0.1) is 5.92 Å². The fraction of sp³-hybridized carbons (Fsp3) is 0.312. The zero-order chi connectivity index (χ0) is 14.4. The SMILES string of the molecule is O=C(CCl)N1OC[C@@H]2COc3ccc4ccccc4c3[C@H]21. The maximum atomic E-state index is 12.0. The van der Waals surface area contributed by atoms with Gasteiger partial charge in [0.25, 0.3) is 5.91 Å². The van der Waals surface area contributed by atoms with Gasteiger partial charge in [-0.1, -0.05) is 30.3 Å². The van der Waals surface area contributed by atoms with Crippen molar-refractivity contribution in [3.8, 4) is 5.75 Å². The van der Waals surface area contributed by atoms with Crippen LogP contribution in [-0.2, 0) is 9.63 Å². The quantitative estimate of drug-likeness (QED) is 0.760. The predicted octanol–water partition coefficient (Wildman–Crippen LogP) is 2.90. The maximum Gasteiger partial charge on any atom is 0.261 e. The summed E-state index contributed by atoms with van der Waals surface area (Å²) in [5, 5.41) is 3.67. The summed E-state index contributed by atoms with van der Waals surface area (Å²) in [6, 6.07) is 12.0. The minimum absolute atomic E-state index is 0.0792. The van der Waals surface area contributed by atoms with Crippen molar-refractivity contribution in [2.45, 2.75) is 6.04 Å². The van der Waals surface area contributed by atoms with Crippen LogP contribution in [0.1, 0.15) is 11.6 Å². The smallest absolute Gasteiger partial charge is 0.261 e. The number of hydrogen-bond acceptors (Lipinski definition) is 3. The first-order chi connectivity index (χ1) is 10.3. The molecule has 0 spiro atoms. The van der Waals surface area contributed by atoms with Crippen molar-refractivity contribution in [2.24, 2.45) is 5.92 Å². The molecule has 0 radical (unpaired) electrons. The fourth-order valence-corrected chi connectivity index (χ4v) is 3.34. The number of fused-ring (bicyclic) bond motifs is 5. The third-order valence-corrected chi connectivity index (χ3v) is 4.39. The molecular weight excluding hydrogens is 290 g/mol. The van der Waals surface area contributed by atoms with Crippen LogP contribution in [0.5, 0.6) is 5.75 Å². The van der Waals surface area contributed by atoms with Crippen LogP contribution in [0.25, 0.3) is 10.8 Å². The predicted molar refractivity (Wildman–Crippen MR) is 79.2 cm³/mol. The molecule has 21 heavy (non-hydrogen) atoms. The van der Waals surface area contributed by atoms with Gasteiger partial charge >= 0.3 is 0 Å². The van der Waals surface area contributed by atoms with Gasteiger partial charge in [-0.3, -0.25) is 9.63 Å². The van der Waals surface area contributed by atoms with Crippen LogP contribution < -0.4 is 4.74 Å². The molecule has 4 rings (SSSR count). The Hall–Kier alpha value is -1.78. The second-order valence-corrected chi connectivity index (χ2v) is 5.63. The van der Waals surface area contributed by atoms with Gasteiger partial charge in [-0.25, -0.2) is 5.06 Å². The molecule has 2 atom stereocenters. The molecule has 0 N–H and O–H groups in total. The van der Waals surface area contributed by atoms with Crippen LogP contribution >= 0.6 is 11.6 Å². The molecule has 0 unspecified atom stereocenters. The van der Waals surface area contributed by atoms with Crippen molar-refractivity contribution in [1.29, 1.82) is 0 Å². The molecule has 1 fully saturated rings. The van der Waals surface area contributed by atoms with Crippen LogP contribution in [-0.4, -0.2) is 30.1 Å². The number of hydrogen-bond donors (Lipinski definition) is 0. The Bertz CT molecular complexity index is 718. The maximum absolute atomic E-state index is 12.0. The lowest BCUT2D eigenvalue weighted by atomic mass is 9.88. The first-order valence-corrected chi connectivity index (χ1v) is 7.48. The van der Waals surface area contributed by atoms with E-state index in [1.54, 1.807) is 0 Å². The van der Waals surface area contributed by atoms with Gasteiger partial charge in [0, 0.05) is 11.5 Å². The van der Waals surface area contributed by atoms with Gasteiger partial charge in [0.15, 0.2) is 0 Å². The Morgan fingerprint density at radius 1 is 1.24 bits per heavy atom. The Balaban J connectivity index is 1.92. The lowest BCUT2D eigenvalue weighted by Gasteiger charge is -2.32. The van der Waals surface area contributed by atoms with Gasteiger partial charge in [0.2, 0.25) is 0 Å². The average molecular weight is 304 g/mol. The standard InChI is InChI=1S/C16H14ClNO3/c17-7-14(19)18-16-11(9-21-18)8-20-13-6-5-10-3-1-2-4-12(10)15(13)16/h1-6,11,16H,7-9H2/t11-,16-/m0/s1. The minimum atomic E-state index is -0.204. The topological polar surface area (TPSA) is 38.8 Å². The second kappa shape index (κ2) is 4.90. The highest BCUT2D eigenvalue weighted by Gasteiger charge is 2.44. The van der Waals surface area contributed by atoms with Crippen molar-refractivity contribution >= 4 is 28.3 Å². The molecule has 0 aromatic heterocycles. The first-order valence-electron chi connectivity index (χ1n) is 6.95. The molecule has 0 saturated carbocycles. The molecule has 108 valence electrons. The number of carbonyl (C=O) groups excluding carboxylic acids is 1. The zero-order valence-electron chi connectivity index (χ0n) is 11.3. The van der Waals surface area contributed by atoms with Crippen LogP contribution in [0.15, 0.2) is 36.4 Å². The van der Waals surface area contributed by atoms with E-state index < -0.39 is 0 Å². The third kappa shape index (κ3) is 1.90. The summed E-state index contributed by atoms with van der Waals surface area (Å²) in [6.07, 6.45) is 0. The molecule has 1 saturated heterocycles. The molecule has 0 aliphatic carbocycles.